The van der Waals surface area contributed by atoms with Crippen LogP contribution < -0.4 is 5.32 Å². The number of benzene rings is 1. The van der Waals surface area contributed by atoms with Gasteiger partial charge in [0.2, 0.25) is 5.91 Å². The number of amides is 1. The molecular weight excluding hydrogens is 427 g/mol. The van der Waals surface area contributed by atoms with E-state index in [1.54, 1.807) is 0 Å². The lowest BCUT2D eigenvalue weighted by atomic mass is 9.90. The van der Waals surface area contributed by atoms with Crippen molar-refractivity contribution in [2.75, 3.05) is 0 Å². The fourth-order valence-electron chi connectivity index (χ4n) is 4.31. The first-order chi connectivity index (χ1) is 14.4. The standard InChI is InChI=1S/C22H24ClFN2O3S/c23-17-6-5-15(24)11-16(17)18-12-30-21(25-18)22(7-8-22)26-20(29)14(10-19(27)28)9-13-3-1-2-4-13/h5-6,11-14H,1-4,7-10H2,(H,26,29)(H,27,28)/t14-/m1/s1. The van der Waals surface area contributed by atoms with Crippen molar-refractivity contribution in [3.8, 4) is 11.3 Å². The first kappa shape index (κ1) is 21.2. The SMILES string of the molecule is O=C(O)C[C@@H](CC1CCCC1)C(=O)NC1(c2nc(-c3cc(F)ccc3Cl)cs2)CC1. The summed E-state index contributed by atoms with van der Waals surface area (Å²) in [7, 11) is 0. The zero-order valence-corrected chi connectivity index (χ0v) is 18.1. The van der Waals surface area contributed by atoms with Crippen LogP contribution in [0.4, 0.5) is 4.39 Å². The van der Waals surface area contributed by atoms with Gasteiger partial charge in [-0.2, -0.15) is 0 Å². The minimum absolute atomic E-state index is 0.152. The van der Waals surface area contributed by atoms with Crippen LogP contribution >= 0.6 is 22.9 Å². The molecule has 2 aliphatic carbocycles. The number of halogens is 2. The Kier molecular flexibility index (Phi) is 6.11. The van der Waals surface area contributed by atoms with Crippen LogP contribution in [0.2, 0.25) is 5.02 Å². The maximum absolute atomic E-state index is 13.6. The number of hydrogen-bond donors (Lipinski definition) is 2. The molecule has 0 spiro atoms. The molecule has 1 heterocycles. The lowest BCUT2D eigenvalue weighted by Gasteiger charge is -2.22. The van der Waals surface area contributed by atoms with Gasteiger partial charge in [-0.25, -0.2) is 9.37 Å². The molecule has 2 aliphatic rings. The molecule has 30 heavy (non-hydrogen) atoms. The van der Waals surface area contributed by atoms with Gasteiger partial charge in [0.1, 0.15) is 10.8 Å². The van der Waals surface area contributed by atoms with Crippen LogP contribution in [0.3, 0.4) is 0 Å². The second-order valence-electron chi connectivity index (χ2n) is 8.41. The molecule has 1 amide bonds. The number of carboxylic acids is 1. The van der Waals surface area contributed by atoms with Crippen LogP contribution in [0.25, 0.3) is 11.3 Å². The highest BCUT2D eigenvalue weighted by atomic mass is 35.5. The first-order valence-electron chi connectivity index (χ1n) is 10.3. The van der Waals surface area contributed by atoms with Gasteiger partial charge >= 0.3 is 5.97 Å². The highest BCUT2D eigenvalue weighted by Crippen LogP contribution is 2.48. The van der Waals surface area contributed by atoms with E-state index >= 15 is 0 Å². The zero-order valence-electron chi connectivity index (χ0n) is 16.5. The lowest BCUT2D eigenvalue weighted by Crippen LogP contribution is -2.40. The summed E-state index contributed by atoms with van der Waals surface area (Å²) in [6, 6.07) is 4.15. The molecule has 160 valence electrons. The Morgan fingerprint density at radius 3 is 2.73 bits per heavy atom. The van der Waals surface area contributed by atoms with Gasteiger partial charge in [-0.3, -0.25) is 9.59 Å². The third-order valence-corrected chi connectivity index (χ3v) is 7.49. The molecular formula is C22H24ClFN2O3S. The average Bonchev–Trinajstić information content (AvgIpc) is 3.10. The zero-order chi connectivity index (χ0) is 21.3. The van der Waals surface area contributed by atoms with Gasteiger partial charge in [0, 0.05) is 16.9 Å². The van der Waals surface area contributed by atoms with Crippen molar-refractivity contribution in [1.29, 1.82) is 0 Å². The predicted molar refractivity (Wildman–Crippen MR) is 114 cm³/mol. The van der Waals surface area contributed by atoms with Crippen molar-refractivity contribution in [3.05, 3.63) is 39.4 Å². The fraction of sp³-hybridized carbons (Fsp3) is 0.500. The quantitative estimate of drug-likeness (QED) is 0.566. The molecule has 2 saturated carbocycles. The van der Waals surface area contributed by atoms with Crippen LogP contribution in [-0.2, 0) is 15.1 Å². The number of rotatable bonds is 8. The van der Waals surface area contributed by atoms with Gasteiger partial charge < -0.3 is 10.4 Å². The molecule has 5 nitrogen and oxygen atoms in total. The minimum atomic E-state index is -0.949. The number of carbonyl (C=O) groups excluding carboxylic acids is 1. The number of hydrogen-bond acceptors (Lipinski definition) is 4. The summed E-state index contributed by atoms with van der Waals surface area (Å²) < 4.78 is 13.6. The van der Waals surface area contributed by atoms with Crippen LogP contribution in [-0.4, -0.2) is 22.0 Å². The van der Waals surface area contributed by atoms with Crippen molar-refractivity contribution in [1.82, 2.24) is 10.3 Å². The number of aliphatic carboxylic acids is 1. The third-order valence-electron chi connectivity index (χ3n) is 6.11. The summed E-state index contributed by atoms with van der Waals surface area (Å²) in [5.41, 5.74) is 0.547. The van der Waals surface area contributed by atoms with E-state index < -0.39 is 17.4 Å². The van der Waals surface area contributed by atoms with E-state index in [-0.39, 0.29) is 18.1 Å². The van der Waals surface area contributed by atoms with Crippen LogP contribution in [0.5, 0.6) is 0 Å². The second-order valence-corrected chi connectivity index (χ2v) is 9.68. The van der Waals surface area contributed by atoms with E-state index in [4.69, 9.17) is 11.6 Å². The molecule has 1 aromatic heterocycles. The largest absolute Gasteiger partial charge is 0.481 e. The molecule has 0 aliphatic heterocycles. The molecule has 2 fully saturated rings. The predicted octanol–water partition coefficient (Wildman–Crippen LogP) is 5.38. The van der Waals surface area contributed by atoms with Crippen molar-refractivity contribution in [2.24, 2.45) is 11.8 Å². The molecule has 2 aromatic rings. The van der Waals surface area contributed by atoms with Gasteiger partial charge in [0.15, 0.2) is 0 Å². The van der Waals surface area contributed by atoms with E-state index in [0.717, 1.165) is 43.5 Å². The van der Waals surface area contributed by atoms with Crippen molar-refractivity contribution >= 4 is 34.8 Å². The number of nitrogens with one attached hydrogen (secondary N) is 1. The summed E-state index contributed by atoms with van der Waals surface area (Å²) in [5.74, 6) is -1.64. The number of nitrogens with zero attached hydrogens (tertiary/aromatic N) is 1. The molecule has 4 rings (SSSR count). The highest BCUT2D eigenvalue weighted by molar-refractivity contribution is 7.10. The number of carbonyl (C=O) groups is 2. The maximum Gasteiger partial charge on any atom is 0.304 e. The summed E-state index contributed by atoms with van der Waals surface area (Å²) in [5, 5.41) is 15.4. The Morgan fingerprint density at radius 1 is 1.33 bits per heavy atom. The Balaban J connectivity index is 1.49. The minimum Gasteiger partial charge on any atom is -0.481 e. The van der Waals surface area contributed by atoms with Gasteiger partial charge in [-0.1, -0.05) is 37.3 Å². The second kappa shape index (κ2) is 8.63. The van der Waals surface area contributed by atoms with Gasteiger partial charge in [-0.05, 0) is 43.4 Å². The van der Waals surface area contributed by atoms with Crippen LogP contribution in [0, 0.1) is 17.7 Å². The van der Waals surface area contributed by atoms with E-state index in [9.17, 15) is 19.1 Å². The van der Waals surface area contributed by atoms with E-state index in [1.165, 1.54) is 29.5 Å². The number of thiazole rings is 1. The van der Waals surface area contributed by atoms with E-state index in [0.29, 0.717) is 28.6 Å². The average molecular weight is 451 g/mol. The molecule has 8 heteroatoms. The number of aromatic nitrogens is 1. The Labute approximate surface area is 183 Å². The van der Waals surface area contributed by atoms with Crippen LogP contribution in [0.1, 0.15) is 56.4 Å². The molecule has 2 N–H and O–H groups in total. The van der Waals surface area contributed by atoms with Crippen molar-refractivity contribution < 1.29 is 19.1 Å². The third kappa shape index (κ3) is 4.67. The first-order valence-corrected chi connectivity index (χ1v) is 11.6. The summed E-state index contributed by atoms with van der Waals surface area (Å²) in [4.78, 5) is 29.0. The Hall–Kier alpha value is -1.99. The smallest absolute Gasteiger partial charge is 0.304 e. The van der Waals surface area contributed by atoms with Crippen LogP contribution in [0.15, 0.2) is 23.6 Å². The van der Waals surface area contributed by atoms with Crippen molar-refractivity contribution in [2.45, 2.75) is 56.9 Å². The highest BCUT2D eigenvalue weighted by Gasteiger charge is 2.49. The topological polar surface area (TPSA) is 79.3 Å². The lowest BCUT2D eigenvalue weighted by molar-refractivity contribution is -0.141. The monoisotopic (exact) mass is 450 g/mol. The molecule has 0 radical (unpaired) electrons. The number of carboxylic acid groups (broad SMARTS) is 1. The normalized spacial score (nSPS) is 18.9. The summed E-state index contributed by atoms with van der Waals surface area (Å²) in [6.07, 6.45) is 6.42. The Bertz CT molecular complexity index is 954. The summed E-state index contributed by atoms with van der Waals surface area (Å²) in [6.45, 7) is 0. The molecule has 0 saturated heterocycles. The maximum atomic E-state index is 13.6. The molecule has 0 unspecified atom stereocenters. The van der Waals surface area contributed by atoms with Gasteiger partial charge in [0.25, 0.3) is 0 Å². The van der Waals surface area contributed by atoms with E-state index in [2.05, 4.69) is 10.3 Å². The van der Waals surface area contributed by atoms with Crippen molar-refractivity contribution in [3.63, 3.8) is 0 Å². The molecule has 0 bridgehead atoms. The molecule has 1 aromatic carbocycles. The van der Waals surface area contributed by atoms with Gasteiger partial charge in [-0.15, -0.1) is 11.3 Å². The fourth-order valence-corrected chi connectivity index (χ4v) is 5.56. The Morgan fingerprint density at radius 2 is 2.07 bits per heavy atom. The molecule has 1 atom stereocenters. The van der Waals surface area contributed by atoms with E-state index in [1.807, 2.05) is 5.38 Å². The van der Waals surface area contributed by atoms with Gasteiger partial charge in [0.05, 0.1) is 22.7 Å². The summed E-state index contributed by atoms with van der Waals surface area (Å²) >= 11 is 7.60.